The average Bonchev–Trinajstić information content (AvgIpc) is 3.32. The van der Waals surface area contributed by atoms with Gasteiger partial charge in [-0.25, -0.2) is 4.98 Å². The van der Waals surface area contributed by atoms with E-state index >= 15 is 0 Å². The largest absolute Gasteiger partial charge is 0.488 e. The summed E-state index contributed by atoms with van der Waals surface area (Å²) < 4.78 is 12.8. The summed E-state index contributed by atoms with van der Waals surface area (Å²) in [5, 5.41) is 29.6. The quantitative estimate of drug-likeness (QED) is 0.502. The Labute approximate surface area is 193 Å². The summed E-state index contributed by atoms with van der Waals surface area (Å²) in [5.41, 5.74) is 2.91. The van der Waals surface area contributed by atoms with E-state index in [2.05, 4.69) is 16.8 Å². The van der Waals surface area contributed by atoms with Gasteiger partial charge < -0.3 is 29.4 Å². The Hall–Kier alpha value is -3.15. The van der Waals surface area contributed by atoms with Crippen LogP contribution >= 0.6 is 0 Å². The lowest BCUT2D eigenvalue weighted by Gasteiger charge is -2.28. The molecule has 0 radical (unpaired) electrons. The summed E-state index contributed by atoms with van der Waals surface area (Å²) in [5.74, 6) is 7.34. The van der Waals surface area contributed by atoms with E-state index in [1.165, 1.54) is 0 Å². The minimum Gasteiger partial charge on any atom is -0.488 e. The van der Waals surface area contributed by atoms with Crippen LogP contribution in [0.5, 0.6) is 5.75 Å². The summed E-state index contributed by atoms with van der Waals surface area (Å²) in [6, 6.07) is 15.2. The molecule has 7 nitrogen and oxygen atoms in total. The average molecular weight is 449 g/mol. The fourth-order valence-electron chi connectivity index (χ4n) is 3.77. The predicted octanol–water partition coefficient (Wildman–Crippen LogP) is 2.72. The number of aromatic nitrogens is 2. The molecule has 2 heterocycles. The van der Waals surface area contributed by atoms with Crippen molar-refractivity contribution in [2.45, 2.75) is 37.7 Å². The van der Waals surface area contributed by atoms with Gasteiger partial charge in [0.1, 0.15) is 35.9 Å². The van der Waals surface area contributed by atoms with E-state index in [4.69, 9.17) is 9.47 Å². The van der Waals surface area contributed by atoms with Gasteiger partial charge in [0, 0.05) is 24.4 Å². The van der Waals surface area contributed by atoms with Gasteiger partial charge in [0.15, 0.2) is 0 Å². The van der Waals surface area contributed by atoms with Crippen LogP contribution in [0.1, 0.15) is 36.9 Å². The molecule has 0 bridgehead atoms. The molecular formula is C26H28N2O5. The topological polar surface area (TPSA) is 97.0 Å². The van der Waals surface area contributed by atoms with Crippen molar-refractivity contribution in [2.24, 2.45) is 0 Å². The van der Waals surface area contributed by atoms with Crippen LogP contribution in [0, 0.1) is 11.8 Å². The van der Waals surface area contributed by atoms with E-state index in [0.717, 1.165) is 22.4 Å². The molecule has 1 saturated heterocycles. The Balaban J connectivity index is 1.43. The highest BCUT2D eigenvalue weighted by molar-refractivity contribution is 5.65. The zero-order chi connectivity index (χ0) is 23.2. The maximum absolute atomic E-state index is 9.98. The van der Waals surface area contributed by atoms with Crippen LogP contribution in [0.25, 0.3) is 11.1 Å². The summed E-state index contributed by atoms with van der Waals surface area (Å²) in [4.78, 5) is 4.13. The van der Waals surface area contributed by atoms with Crippen LogP contribution < -0.4 is 4.74 Å². The fraction of sp³-hybridized carbons (Fsp3) is 0.346. The molecule has 7 heteroatoms. The van der Waals surface area contributed by atoms with E-state index in [1.807, 2.05) is 48.5 Å². The van der Waals surface area contributed by atoms with E-state index < -0.39 is 18.2 Å². The maximum Gasteiger partial charge on any atom is 0.138 e. The summed E-state index contributed by atoms with van der Waals surface area (Å²) in [6.45, 7) is 2.35. The van der Waals surface area contributed by atoms with Crippen molar-refractivity contribution < 1.29 is 24.8 Å². The van der Waals surface area contributed by atoms with Crippen LogP contribution in [0.15, 0.2) is 60.9 Å². The third-order valence-corrected chi connectivity index (χ3v) is 5.59. The highest BCUT2D eigenvalue weighted by Gasteiger charge is 2.25. The smallest absolute Gasteiger partial charge is 0.138 e. The van der Waals surface area contributed by atoms with Crippen molar-refractivity contribution >= 4 is 0 Å². The molecule has 0 aliphatic carbocycles. The highest BCUT2D eigenvalue weighted by Crippen LogP contribution is 2.25. The standard InChI is InChI=1S/C26H28N2O5/c1-18(30)26-27-13-14-28(26)22(16-29)9-4-19-2-5-20(6-3-19)21-7-10-23(11-8-21)33-25-12-15-32-17-24(25)31/h2-3,5-8,10-11,13-14,18,22,24-25,29-31H,12,15-17H2,1H3/t18-,22?,24-,25-/m0/s1. The molecule has 0 saturated carbocycles. The molecule has 1 aliphatic rings. The first-order chi connectivity index (χ1) is 16.0. The number of ether oxygens (including phenoxy) is 2. The van der Waals surface area contributed by atoms with E-state index in [9.17, 15) is 15.3 Å². The Kier molecular flexibility index (Phi) is 7.43. The second kappa shape index (κ2) is 10.6. The molecular weight excluding hydrogens is 420 g/mol. The van der Waals surface area contributed by atoms with Crippen molar-refractivity contribution in [3.05, 3.63) is 72.3 Å². The SMILES string of the molecule is C[C@H](O)c1nccn1C(C#Cc1ccc(-c2ccc(O[C@H]3CCOC[C@@H]3O)cc2)cc1)CO. The lowest BCUT2D eigenvalue weighted by molar-refractivity contribution is -0.0750. The van der Waals surface area contributed by atoms with Gasteiger partial charge >= 0.3 is 0 Å². The molecule has 0 spiro atoms. The summed E-state index contributed by atoms with van der Waals surface area (Å²) in [7, 11) is 0. The fourth-order valence-corrected chi connectivity index (χ4v) is 3.77. The van der Waals surface area contributed by atoms with Crippen molar-refractivity contribution in [1.82, 2.24) is 9.55 Å². The molecule has 1 unspecified atom stereocenters. The molecule has 3 N–H and O–H groups in total. The van der Waals surface area contributed by atoms with Gasteiger partial charge in [-0.15, -0.1) is 0 Å². The number of benzene rings is 2. The molecule has 4 rings (SSSR count). The van der Waals surface area contributed by atoms with Crippen molar-refractivity contribution in [3.8, 4) is 28.7 Å². The summed E-state index contributed by atoms with van der Waals surface area (Å²) in [6.07, 6.45) is 2.37. The molecule has 3 aromatic rings. The molecule has 4 atom stereocenters. The Morgan fingerprint density at radius 1 is 1.15 bits per heavy atom. The molecule has 0 amide bonds. The zero-order valence-electron chi connectivity index (χ0n) is 18.5. The van der Waals surface area contributed by atoms with Gasteiger partial charge in [0.25, 0.3) is 0 Å². The molecule has 33 heavy (non-hydrogen) atoms. The van der Waals surface area contributed by atoms with Crippen LogP contribution in [-0.2, 0) is 4.74 Å². The minimum absolute atomic E-state index is 0.180. The number of aliphatic hydroxyl groups excluding tert-OH is 3. The van der Waals surface area contributed by atoms with Crippen LogP contribution in [0.3, 0.4) is 0 Å². The predicted molar refractivity (Wildman–Crippen MR) is 124 cm³/mol. The Bertz CT molecular complexity index is 1100. The number of hydrogen-bond acceptors (Lipinski definition) is 6. The Morgan fingerprint density at radius 2 is 1.85 bits per heavy atom. The van der Waals surface area contributed by atoms with Crippen LogP contribution in [0.4, 0.5) is 0 Å². The molecule has 172 valence electrons. The third kappa shape index (κ3) is 5.62. The van der Waals surface area contributed by atoms with Crippen molar-refractivity contribution in [1.29, 1.82) is 0 Å². The second-order valence-corrected chi connectivity index (χ2v) is 8.03. The van der Waals surface area contributed by atoms with Gasteiger partial charge in [-0.2, -0.15) is 0 Å². The number of nitrogens with zero attached hydrogens (tertiary/aromatic N) is 2. The number of aliphatic hydroxyl groups is 3. The third-order valence-electron chi connectivity index (χ3n) is 5.59. The van der Waals surface area contributed by atoms with Crippen LogP contribution in [0.2, 0.25) is 0 Å². The monoisotopic (exact) mass is 448 g/mol. The number of hydrogen-bond donors (Lipinski definition) is 3. The van der Waals surface area contributed by atoms with E-state index in [1.54, 1.807) is 23.9 Å². The van der Waals surface area contributed by atoms with Crippen molar-refractivity contribution in [3.63, 3.8) is 0 Å². The number of imidazole rings is 1. The maximum atomic E-state index is 9.98. The lowest BCUT2D eigenvalue weighted by atomic mass is 10.0. The van der Waals surface area contributed by atoms with Crippen molar-refractivity contribution in [2.75, 3.05) is 19.8 Å². The number of rotatable bonds is 6. The minimum atomic E-state index is -0.742. The molecule has 1 fully saturated rings. The van der Waals surface area contributed by atoms with E-state index in [-0.39, 0.29) is 12.7 Å². The molecule has 2 aromatic carbocycles. The van der Waals surface area contributed by atoms with Gasteiger partial charge in [0.2, 0.25) is 0 Å². The first-order valence-corrected chi connectivity index (χ1v) is 11.0. The lowest BCUT2D eigenvalue weighted by Crippen LogP contribution is -2.40. The second-order valence-electron chi connectivity index (χ2n) is 8.03. The van der Waals surface area contributed by atoms with Gasteiger partial charge in [-0.1, -0.05) is 36.1 Å². The van der Waals surface area contributed by atoms with Gasteiger partial charge in [-0.05, 0) is 42.3 Å². The normalized spacial score (nSPS) is 19.9. The zero-order valence-corrected chi connectivity index (χ0v) is 18.5. The van der Waals surface area contributed by atoms with Gasteiger partial charge in [-0.3, -0.25) is 0 Å². The first kappa shape index (κ1) is 23.0. The van der Waals surface area contributed by atoms with Gasteiger partial charge in [0.05, 0.1) is 19.8 Å². The molecule has 1 aromatic heterocycles. The highest BCUT2D eigenvalue weighted by atomic mass is 16.5. The van der Waals surface area contributed by atoms with E-state index in [0.29, 0.717) is 25.5 Å². The molecule has 1 aliphatic heterocycles. The first-order valence-electron chi connectivity index (χ1n) is 11.0. The summed E-state index contributed by atoms with van der Waals surface area (Å²) >= 11 is 0. The van der Waals surface area contributed by atoms with Crippen LogP contribution in [-0.4, -0.2) is 56.9 Å². The Morgan fingerprint density at radius 3 is 2.48 bits per heavy atom.